The number of nitrogens with zero attached hydrogens (tertiary/aromatic N) is 2. The summed E-state index contributed by atoms with van der Waals surface area (Å²) in [4.78, 5) is 16.2. The number of rotatable bonds is 6. The lowest BCUT2D eigenvalue weighted by atomic mass is 10.2. The third-order valence-corrected chi connectivity index (χ3v) is 3.79. The number of aryl methyl sites for hydroxylation is 1. The van der Waals surface area contributed by atoms with Crippen LogP contribution in [0, 0.1) is 0 Å². The summed E-state index contributed by atoms with van der Waals surface area (Å²) in [6.07, 6.45) is 5.03. The number of amides is 1. The van der Waals surface area contributed by atoms with E-state index in [1.165, 1.54) is 0 Å². The Morgan fingerprint density at radius 1 is 1.39 bits per heavy atom. The fourth-order valence-corrected chi connectivity index (χ4v) is 2.59. The molecule has 122 valence electrons. The van der Waals surface area contributed by atoms with Gasteiger partial charge in [0.1, 0.15) is 25.1 Å². The first-order chi connectivity index (χ1) is 11.3. The number of benzene rings is 1. The van der Waals surface area contributed by atoms with Crippen molar-refractivity contribution < 1.29 is 14.3 Å². The quantitative estimate of drug-likeness (QED) is 0.882. The minimum Gasteiger partial charge on any atom is -0.486 e. The molecule has 0 fully saturated rings. The third-order valence-electron chi connectivity index (χ3n) is 3.79. The van der Waals surface area contributed by atoms with Crippen LogP contribution in [0.2, 0.25) is 0 Å². The maximum Gasteiger partial charge on any atom is 0.239 e. The van der Waals surface area contributed by atoms with Crippen molar-refractivity contribution in [2.45, 2.75) is 32.4 Å². The summed E-state index contributed by atoms with van der Waals surface area (Å²) in [5.74, 6) is 2.44. The van der Waals surface area contributed by atoms with Gasteiger partial charge < -0.3 is 19.4 Å². The van der Waals surface area contributed by atoms with E-state index in [0.717, 1.165) is 23.7 Å². The molecular weight excluding hydrogens is 294 g/mol. The Bertz CT molecular complexity index is 669. The third kappa shape index (κ3) is 3.83. The molecule has 3 rings (SSSR count). The van der Waals surface area contributed by atoms with E-state index in [0.29, 0.717) is 26.1 Å². The molecule has 1 aliphatic rings. The van der Waals surface area contributed by atoms with Crippen LogP contribution in [0.4, 0.5) is 0 Å². The van der Waals surface area contributed by atoms with E-state index >= 15 is 0 Å². The van der Waals surface area contributed by atoms with Gasteiger partial charge in [-0.2, -0.15) is 0 Å². The zero-order valence-electron chi connectivity index (χ0n) is 13.2. The Kier molecular flexibility index (Phi) is 4.80. The SMILES string of the molecule is CCc1nccn1CC(=O)NCCC1COc2ccccc2O1. The average Bonchev–Trinajstić information content (AvgIpc) is 3.02. The molecular formula is C17H21N3O3. The minimum atomic E-state index is -0.0374. The highest BCUT2D eigenvalue weighted by molar-refractivity contribution is 5.75. The number of hydrogen-bond donors (Lipinski definition) is 1. The van der Waals surface area contributed by atoms with Crippen molar-refractivity contribution in [3.8, 4) is 11.5 Å². The highest BCUT2D eigenvalue weighted by Gasteiger charge is 2.20. The Balaban J connectivity index is 1.42. The minimum absolute atomic E-state index is 0.0187. The summed E-state index contributed by atoms with van der Waals surface area (Å²) in [5.41, 5.74) is 0. The van der Waals surface area contributed by atoms with Crippen LogP contribution in [-0.4, -0.2) is 34.7 Å². The molecule has 6 nitrogen and oxygen atoms in total. The van der Waals surface area contributed by atoms with Gasteiger partial charge in [-0.3, -0.25) is 4.79 Å². The van der Waals surface area contributed by atoms with Crippen LogP contribution in [0.1, 0.15) is 19.2 Å². The molecule has 0 bridgehead atoms. The van der Waals surface area contributed by atoms with Crippen molar-refractivity contribution in [1.29, 1.82) is 0 Å². The van der Waals surface area contributed by atoms with Gasteiger partial charge in [0.05, 0.1) is 0 Å². The molecule has 6 heteroatoms. The van der Waals surface area contributed by atoms with E-state index in [9.17, 15) is 4.79 Å². The molecule has 2 heterocycles. The largest absolute Gasteiger partial charge is 0.486 e. The van der Waals surface area contributed by atoms with Crippen LogP contribution >= 0.6 is 0 Å². The summed E-state index contributed by atoms with van der Waals surface area (Å²) in [5, 5.41) is 2.92. The van der Waals surface area contributed by atoms with Gasteiger partial charge >= 0.3 is 0 Å². The van der Waals surface area contributed by atoms with E-state index in [-0.39, 0.29) is 12.0 Å². The number of fused-ring (bicyclic) bond motifs is 1. The maximum atomic E-state index is 12.0. The van der Waals surface area contributed by atoms with Crippen molar-refractivity contribution in [1.82, 2.24) is 14.9 Å². The molecule has 1 aromatic carbocycles. The fourth-order valence-electron chi connectivity index (χ4n) is 2.59. The van der Waals surface area contributed by atoms with Crippen LogP contribution in [0.3, 0.4) is 0 Å². The van der Waals surface area contributed by atoms with Gasteiger partial charge in [0.15, 0.2) is 11.5 Å². The molecule has 1 aromatic heterocycles. The van der Waals surface area contributed by atoms with E-state index in [1.54, 1.807) is 6.20 Å². The van der Waals surface area contributed by atoms with Crippen LogP contribution in [-0.2, 0) is 17.8 Å². The molecule has 2 aromatic rings. The summed E-state index contributed by atoms with van der Waals surface area (Å²) in [7, 11) is 0. The number of carbonyl (C=O) groups excluding carboxylic acids is 1. The first-order valence-corrected chi connectivity index (χ1v) is 7.91. The van der Waals surface area contributed by atoms with Crippen LogP contribution < -0.4 is 14.8 Å². The number of aromatic nitrogens is 2. The lowest BCUT2D eigenvalue weighted by Gasteiger charge is -2.26. The number of imidazole rings is 1. The highest BCUT2D eigenvalue weighted by Crippen LogP contribution is 2.31. The molecule has 1 N–H and O–H groups in total. The molecule has 1 amide bonds. The summed E-state index contributed by atoms with van der Waals surface area (Å²) in [6.45, 7) is 3.39. The fraction of sp³-hybridized carbons (Fsp3) is 0.412. The molecule has 0 saturated heterocycles. The van der Waals surface area contributed by atoms with Crippen molar-refractivity contribution in [3.05, 3.63) is 42.5 Å². The van der Waals surface area contributed by atoms with Crippen molar-refractivity contribution >= 4 is 5.91 Å². The van der Waals surface area contributed by atoms with Gasteiger partial charge in [0, 0.05) is 31.8 Å². The normalized spacial score (nSPS) is 16.1. The second-order valence-corrected chi connectivity index (χ2v) is 5.46. The molecule has 0 saturated carbocycles. The Hall–Kier alpha value is -2.50. The lowest BCUT2D eigenvalue weighted by Crippen LogP contribution is -2.35. The van der Waals surface area contributed by atoms with Crippen LogP contribution in [0.15, 0.2) is 36.7 Å². The van der Waals surface area contributed by atoms with Gasteiger partial charge in [0.25, 0.3) is 0 Å². The van der Waals surface area contributed by atoms with E-state index in [4.69, 9.17) is 9.47 Å². The highest BCUT2D eigenvalue weighted by atomic mass is 16.6. The first-order valence-electron chi connectivity index (χ1n) is 7.91. The van der Waals surface area contributed by atoms with Gasteiger partial charge in [-0.1, -0.05) is 19.1 Å². The number of hydrogen-bond acceptors (Lipinski definition) is 4. The van der Waals surface area contributed by atoms with Crippen LogP contribution in [0.5, 0.6) is 11.5 Å². The summed E-state index contributed by atoms with van der Waals surface area (Å²) < 4.78 is 13.4. The summed E-state index contributed by atoms with van der Waals surface area (Å²) >= 11 is 0. The smallest absolute Gasteiger partial charge is 0.239 e. The second-order valence-electron chi connectivity index (χ2n) is 5.46. The maximum absolute atomic E-state index is 12.0. The Morgan fingerprint density at radius 2 is 2.22 bits per heavy atom. The number of para-hydroxylation sites is 2. The lowest BCUT2D eigenvalue weighted by molar-refractivity contribution is -0.121. The molecule has 1 atom stereocenters. The number of nitrogens with one attached hydrogen (secondary N) is 1. The zero-order valence-corrected chi connectivity index (χ0v) is 13.2. The summed E-state index contributed by atoms with van der Waals surface area (Å²) in [6, 6.07) is 7.63. The Labute approximate surface area is 135 Å². The van der Waals surface area contributed by atoms with Gasteiger partial charge in [-0.05, 0) is 12.1 Å². The molecule has 1 aliphatic heterocycles. The van der Waals surface area contributed by atoms with Crippen molar-refractivity contribution in [2.75, 3.05) is 13.2 Å². The van der Waals surface area contributed by atoms with Crippen molar-refractivity contribution in [2.24, 2.45) is 0 Å². The van der Waals surface area contributed by atoms with Crippen molar-refractivity contribution in [3.63, 3.8) is 0 Å². The van der Waals surface area contributed by atoms with Gasteiger partial charge in [-0.25, -0.2) is 4.98 Å². The first kappa shape index (κ1) is 15.4. The topological polar surface area (TPSA) is 65.4 Å². The zero-order chi connectivity index (χ0) is 16.1. The Morgan fingerprint density at radius 3 is 3.04 bits per heavy atom. The van der Waals surface area contributed by atoms with Gasteiger partial charge in [0.2, 0.25) is 5.91 Å². The predicted octanol–water partition coefficient (Wildman–Crippen LogP) is 1.79. The van der Waals surface area contributed by atoms with Gasteiger partial charge in [-0.15, -0.1) is 0 Å². The monoisotopic (exact) mass is 315 g/mol. The molecule has 0 spiro atoms. The predicted molar refractivity (Wildman–Crippen MR) is 85.6 cm³/mol. The number of ether oxygens (including phenoxy) is 2. The number of carbonyl (C=O) groups is 1. The molecule has 1 unspecified atom stereocenters. The van der Waals surface area contributed by atoms with E-state index < -0.39 is 0 Å². The standard InChI is InChI=1S/C17H21N3O3/c1-2-16-18-9-10-20(16)11-17(21)19-8-7-13-12-22-14-5-3-4-6-15(14)23-13/h3-6,9-10,13H,2,7-8,11-12H2,1H3,(H,19,21). The van der Waals surface area contributed by atoms with E-state index in [1.807, 2.05) is 42.0 Å². The van der Waals surface area contributed by atoms with Crippen LogP contribution in [0.25, 0.3) is 0 Å². The molecule has 0 aliphatic carbocycles. The molecule has 0 radical (unpaired) electrons. The second kappa shape index (κ2) is 7.17. The van der Waals surface area contributed by atoms with E-state index in [2.05, 4.69) is 10.3 Å². The average molecular weight is 315 g/mol. The molecule has 23 heavy (non-hydrogen) atoms.